The van der Waals surface area contributed by atoms with Crippen molar-refractivity contribution in [3.63, 3.8) is 0 Å². The zero-order valence-electron chi connectivity index (χ0n) is 20.5. The molecule has 1 heterocycles. The molecule has 6 heteroatoms. The molecule has 38 heavy (non-hydrogen) atoms. The minimum atomic E-state index is -0.576. The molecule has 1 fully saturated rings. The van der Waals surface area contributed by atoms with Gasteiger partial charge in [-0.15, -0.1) is 0 Å². The van der Waals surface area contributed by atoms with Gasteiger partial charge >= 0.3 is 5.97 Å². The molecule has 2 atom stereocenters. The van der Waals surface area contributed by atoms with Crippen LogP contribution in [0.3, 0.4) is 0 Å². The Labute approximate surface area is 219 Å². The highest BCUT2D eigenvalue weighted by Crippen LogP contribution is 2.61. The quantitative estimate of drug-likeness (QED) is 0.215. The molecule has 0 unspecified atom stereocenters. The SMILES string of the molecule is COc1ccc(OC(=O)c2cccc(N3C(=O)[C@@H]4C5c6ccccc6C(c6ccccc65)[C@@H]4C3=O)c2)cc1. The van der Waals surface area contributed by atoms with Gasteiger partial charge in [-0.3, -0.25) is 9.59 Å². The summed E-state index contributed by atoms with van der Waals surface area (Å²) in [5, 5.41) is 0. The molecule has 1 aliphatic heterocycles. The molecular weight excluding hydrogens is 478 g/mol. The number of methoxy groups -OCH3 is 1. The first-order chi connectivity index (χ1) is 18.6. The number of carbonyl (C=O) groups excluding carboxylic acids is 3. The molecule has 4 aromatic carbocycles. The van der Waals surface area contributed by atoms with E-state index in [0.29, 0.717) is 17.2 Å². The van der Waals surface area contributed by atoms with Crippen LogP contribution in [0.5, 0.6) is 11.5 Å². The van der Waals surface area contributed by atoms with Crippen LogP contribution in [0.25, 0.3) is 0 Å². The summed E-state index contributed by atoms with van der Waals surface area (Å²) in [6.07, 6.45) is 0. The van der Waals surface area contributed by atoms with Gasteiger partial charge in [0.25, 0.3) is 0 Å². The van der Waals surface area contributed by atoms with E-state index in [-0.39, 0.29) is 29.2 Å². The van der Waals surface area contributed by atoms with E-state index >= 15 is 0 Å². The van der Waals surface area contributed by atoms with E-state index in [0.717, 1.165) is 22.3 Å². The average molecular weight is 502 g/mol. The Kier molecular flexibility index (Phi) is 4.98. The van der Waals surface area contributed by atoms with Crippen molar-refractivity contribution in [3.8, 4) is 11.5 Å². The number of rotatable bonds is 4. The molecule has 0 spiro atoms. The first-order valence-electron chi connectivity index (χ1n) is 12.6. The number of imide groups is 1. The summed E-state index contributed by atoms with van der Waals surface area (Å²) in [5.74, 6) is -1.32. The van der Waals surface area contributed by atoms with Crippen LogP contribution in [0, 0.1) is 11.8 Å². The summed E-state index contributed by atoms with van der Waals surface area (Å²) in [5.41, 5.74) is 5.12. The monoisotopic (exact) mass is 501 g/mol. The Balaban J connectivity index is 1.24. The zero-order chi connectivity index (χ0) is 26.0. The van der Waals surface area contributed by atoms with Crippen molar-refractivity contribution in [2.45, 2.75) is 11.8 Å². The van der Waals surface area contributed by atoms with Gasteiger partial charge in [0.15, 0.2) is 0 Å². The molecule has 3 aliphatic carbocycles. The van der Waals surface area contributed by atoms with Gasteiger partial charge < -0.3 is 9.47 Å². The molecule has 1 saturated heterocycles. The van der Waals surface area contributed by atoms with Crippen molar-refractivity contribution in [2.24, 2.45) is 11.8 Å². The van der Waals surface area contributed by atoms with Gasteiger partial charge in [0.2, 0.25) is 11.8 Å². The predicted octanol–water partition coefficient (Wildman–Crippen LogP) is 5.31. The summed E-state index contributed by atoms with van der Waals surface area (Å²) in [6.45, 7) is 0. The third kappa shape index (κ3) is 3.16. The molecule has 2 amide bonds. The summed E-state index contributed by atoms with van der Waals surface area (Å²) in [4.78, 5) is 42.1. The second kappa shape index (κ2) is 8.42. The van der Waals surface area contributed by atoms with E-state index in [9.17, 15) is 14.4 Å². The third-order valence-corrected chi connectivity index (χ3v) is 8.06. The lowest BCUT2D eigenvalue weighted by Gasteiger charge is -2.45. The number of nitrogens with zero attached hydrogens (tertiary/aromatic N) is 1. The van der Waals surface area contributed by atoms with Crippen LogP contribution in [-0.4, -0.2) is 24.9 Å². The Morgan fingerprint density at radius 1 is 0.658 bits per heavy atom. The maximum Gasteiger partial charge on any atom is 0.343 e. The summed E-state index contributed by atoms with van der Waals surface area (Å²) < 4.78 is 10.7. The van der Waals surface area contributed by atoms with Crippen molar-refractivity contribution in [1.82, 2.24) is 0 Å². The minimum Gasteiger partial charge on any atom is -0.497 e. The number of hydrogen-bond donors (Lipinski definition) is 0. The fourth-order valence-corrected chi connectivity index (χ4v) is 6.51. The Morgan fingerprint density at radius 3 is 1.66 bits per heavy atom. The molecular formula is C32H23NO5. The average Bonchev–Trinajstić information content (AvgIpc) is 3.23. The van der Waals surface area contributed by atoms with E-state index in [2.05, 4.69) is 24.3 Å². The van der Waals surface area contributed by atoms with Crippen LogP contribution in [0.15, 0.2) is 97.1 Å². The molecule has 8 rings (SSSR count). The van der Waals surface area contributed by atoms with Gasteiger partial charge in [-0.05, 0) is 64.7 Å². The predicted molar refractivity (Wildman–Crippen MR) is 140 cm³/mol. The first-order valence-corrected chi connectivity index (χ1v) is 12.6. The van der Waals surface area contributed by atoms with Crippen molar-refractivity contribution < 1.29 is 23.9 Å². The molecule has 2 bridgehead atoms. The van der Waals surface area contributed by atoms with Gasteiger partial charge in [-0.25, -0.2) is 9.69 Å². The van der Waals surface area contributed by atoms with Crippen molar-refractivity contribution >= 4 is 23.5 Å². The van der Waals surface area contributed by atoms with Gasteiger partial charge in [0.05, 0.1) is 30.2 Å². The number of esters is 1. The second-order valence-corrected chi connectivity index (χ2v) is 9.89. The van der Waals surface area contributed by atoms with Crippen LogP contribution in [0.2, 0.25) is 0 Å². The Bertz CT molecular complexity index is 1510. The maximum atomic E-state index is 14.0. The normalized spacial score (nSPS) is 22.5. The number of benzene rings is 4. The zero-order valence-corrected chi connectivity index (χ0v) is 20.5. The largest absolute Gasteiger partial charge is 0.497 e. The van der Waals surface area contributed by atoms with E-state index in [4.69, 9.17) is 9.47 Å². The highest BCUT2D eigenvalue weighted by Gasteiger charge is 2.61. The van der Waals surface area contributed by atoms with Crippen LogP contribution in [0.4, 0.5) is 5.69 Å². The smallest absolute Gasteiger partial charge is 0.343 e. The minimum absolute atomic E-state index is 0.179. The fourth-order valence-electron chi connectivity index (χ4n) is 6.51. The summed E-state index contributed by atoms with van der Waals surface area (Å²) in [7, 11) is 1.56. The van der Waals surface area contributed by atoms with Crippen LogP contribution < -0.4 is 14.4 Å². The highest BCUT2D eigenvalue weighted by atomic mass is 16.5. The Hall–Kier alpha value is -4.71. The van der Waals surface area contributed by atoms with Gasteiger partial charge in [-0.2, -0.15) is 0 Å². The van der Waals surface area contributed by atoms with Gasteiger partial charge in [0.1, 0.15) is 11.5 Å². The van der Waals surface area contributed by atoms with E-state index in [1.807, 2.05) is 24.3 Å². The van der Waals surface area contributed by atoms with Crippen molar-refractivity contribution in [1.29, 1.82) is 0 Å². The molecule has 4 aliphatic rings. The van der Waals surface area contributed by atoms with Crippen LogP contribution >= 0.6 is 0 Å². The van der Waals surface area contributed by atoms with E-state index < -0.39 is 17.8 Å². The third-order valence-electron chi connectivity index (χ3n) is 8.06. The van der Waals surface area contributed by atoms with E-state index in [1.165, 1.54) is 4.90 Å². The van der Waals surface area contributed by atoms with E-state index in [1.54, 1.807) is 55.6 Å². The van der Waals surface area contributed by atoms with Crippen LogP contribution in [-0.2, 0) is 9.59 Å². The molecule has 0 radical (unpaired) electrons. The highest BCUT2D eigenvalue weighted by molar-refractivity contribution is 6.23. The van der Waals surface area contributed by atoms with Crippen molar-refractivity contribution in [2.75, 3.05) is 12.0 Å². The molecule has 0 aromatic heterocycles. The fraction of sp³-hybridized carbons (Fsp3) is 0.156. The van der Waals surface area contributed by atoms with Crippen LogP contribution in [0.1, 0.15) is 44.4 Å². The Morgan fingerprint density at radius 2 is 1.16 bits per heavy atom. The summed E-state index contributed by atoms with van der Waals surface area (Å²) >= 11 is 0. The standard InChI is InChI=1S/C32H23NO5/c1-37-20-13-15-21(16-14-20)38-32(36)18-7-6-8-19(17-18)33-30(34)28-26-22-9-2-3-10-23(22)27(29(28)31(33)35)25-12-5-4-11-24(25)26/h2-17,26-29H,1H3/t26?,27?,28-,29+. The lowest BCUT2D eigenvalue weighted by atomic mass is 9.55. The molecule has 0 N–H and O–H groups in total. The maximum absolute atomic E-state index is 14.0. The number of hydrogen-bond acceptors (Lipinski definition) is 5. The lowest BCUT2D eigenvalue weighted by Crippen LogP contribution is -2.41. The molecule has 0 saturated carbocycles. The number of carbonyl (C=O) groups is 3. The number of anilines is 1. The van der Waals surface area contributed by atoms with Gasteiger partial charge in [-0.1, -0.05) is 54.6 Å². The number of amides is 2. The van der Waals surface area contributed by atoms with Gasteiger partial charge in [0, 0.05) is 11.8 Å². The van der Waals surface area contributed by atoms with Crippen molar-refractivity contribution in [3.05, 3.63) is 125 Å². The lowest BCUT2D eigenvalue weighted by molar-refractivity contribution is -0.122. The summed E-state index contributed by atoms with van der Waals surface area (Å²) in [6, 6.07) is 29.5. The molecule has 4 aromatic rings. The topological polar surface area (TPSA) is 72.9 Å². The first kappa shape index (κ1) is 22.5. The second-order valence-electron chi connectivity index (χ2n) is 9.89. The number of ether oxygens (including phenoxy) is 2. The molecule has 186 valence electrons. The molecule has 6 nitrogen and oxygen atoms in total.